The fourth-order valence-electron chi connectivity index (χ4n) is 5.05. The first-order chi connectivity index (χ1) is 17.8. The van der Waals surface area contributed by atoms with E-state index < -0.39 is 9.84 Å². The Bertz CT molecular complexity index is 1230. The van der Waals surface area contributed by atoms with Gasteiger partial charge in [-0.15, -0.1) is 0 Å². The molecule has 0 saturated heterocycles. The summed E-state index contributed by atoms with van der Waals surface area (Å²) in [6.45, 7) is 6.57. The first kappa shape index (κ1) is 28.9. The third-order valence-corrected chi connectivity index (χ3v) is 8.15. The molecule has 0 aliphatic heterocycles. The maximum absolute atomic E-state index is 11.6. The highest BCUT2D eigenvalue weighted by Gasteiger charge is 2.15. The summed E-state index contributed by atoms with van der Waals surface area (Å²) in [5.74, 6) is 1.63. The number of anilines is 2. The zero-order chi connectivity index (χ0) is 26.7. The van der Waals surface area contributed by atoms with E-state index in [0.717, 1.165) is 75.0 Å². The number of benzene rings is 1. The van der Waals surface area contributed by atoms with Gasteiger partial charge in [-0.25, -0.2) is 13.4 Å². The standard InChI is InChI=1S/C32H44N2O2S/c1-5-15-29-28(24-26(6-2)16-14-23-37(4,35)36)19-13-20-30(29)33-31-22-21-25(3)32(34-31)27-17-11-9-7-8-10-12-18-27/h7-9,11,13,17,19-22,26H,5-6,10,12,14-16,18,23-24H2,1-4H3,(H,33,34). The number of pyridine rings is 1. The van der Waals surface area contributed by atoms with Crippen LogP contribution >= 0.6 is 0 Å². The lowest BCUT2D eigenvalue weighted by Gasteiger charge is -2.20. The van der Waals surface area contributed by atoms with Crippen LogP contribution < -0.4 is 5.32 Å². The molecule has 3 rings (SSSR count). The molecule has 0 saturated carbocycles. The van der Waals surface area contributed by atoms with Gasteiger partial charge in [0.25, 0.3) is 0 Å². The smallest absolute Gasteiger partial charge is 0.147 e. The number of hydrogen-bond donors (Lipinski definition) is 1. The van der Waals surface area contributed by atoms with Crippen LogP contribution in [-0.4, -0.2) is 25.4 Å². The number of nitrogens with one attached hydrogen (secondary N) is 1. The largest absolute Gasteiger partial charge is 0.340 e. The van der Waals surface area contributed by atoms with Gasteiger partial charge >= 0.3 is 0 Å². The molecule has 0 radical (unpaired) electrons. The summed E-state index contributed by atoms with van der Waals surface area (Å²) in [5.41, 5.74) is 7.39. The van der Waals surface area contributed by atoms with Crippen molar-refractivity contribution in [3.05, 3.63) is 83.1 Å². The van der Waals surface area contributed by atoms with E-state index in [9.17, 15) is 8.42 Å². The fraction of sp³-hybridized carbons (Fsp3) is 0.469. The topological polar surface area (TPSA) is 59.1 Å². The fourth-order valence-corrected chi connectivity index (χ4v) is 5.74. The monoisotopic (exact) mass is 520 g/mol. The number of rotatable bonds is 12. The van der Waals surface area contributed by atoms with Crippen molar-refractivity contribution in [2.75, 3.05) is 17.3 Å². The van der Waals surface area contributed by atoms with Crippen molar-refractivity contribution in [1.29, 1.82) is 0 Å². The van der Waals surface area contributed by atoms with Crippen molar-refractivity contribution in [3.63, 3.8) is 0 Å². The van der Waals surface area contributed by atoms with E-state index in [4.69, 9.17) is 4.98 Å². The summed E-state index contributed by atoms with van der Waals surface area (Å²) in [4.78, 5) is 5.08. The molecule has 1 heterocycles. The highest BCUT2D eigenvalue weighted by molar-refractivity contribution is 7.90. The third kappa shape index (κ3) is 9.30. The maximum atomic E-state index is 11.6. The second-order valence-electron chi connectivity index (χ2n) is 10.3. The van der Waals surface area contributed by atoms with Crippen LogP contribution in [0, 0.1) is 12.8 Å². The van der Waals surface area contributed by atoms with Gasteiger partial charge in [0, 0.05) is 17.7 Å². The summed E-state index contributed by atoms with van der Waals surface area (Å²) >= 11 is 0. The van der Waals surface area contributed by atoms with Crippen LogP contribution in [0.25, 0.3) is 5.57 Å². The highest BCUT2D eigenvalue weighted by atomic mass is 32.2. The molecule has 0 fully saturated rings. The van der Waals surface area contributed by atoms with Crippen molar-refractivity contribution in [1.82, 2.24) is 4.98 Å². The molecule has 0 bridgehead atoms. The molecule has 1 unspecified atom stereocenters. The van der Waals surface area contributed by atoms with Crippen LogP contribution in [0.3, 0.4) is 0 Å². The molecule has 2 aromatic rings. The molecule has 200 valence electrons. The van der Waals surface area contributed by atoms with Gasteiger partial charge in [0.1, 0.15) is 15.7 Å². The minimum atomic E-state index is -2.91. The van der Waals surface area contributed by atoms with Gasteiger partial charge in [0.05, 0.1) is 5.69 Å². The van der Waals surface area contributed by atoms with Crippen molar-refractivity contribution in [2.24, 2.45) is 5.92 Å². The van der Waals surface area contributed by atoms with Gasteiger partial charge in [-0.05, 0) is 92.2 Å². The molecule has 1 atom stereocenters. The van der Waals surface area contributed by atoms with E-state index in [1.807, 2.05) is 0 Å². The van der Waals surface area contributed by atoms with Crippen LogP contribution in [0.15, 0.2) is 60.7 Å². The zero-order valence-corrected chi connectivity index (χ0v) is 23.9. The molecular formula is C32H44N2O2S. The van der Waals surface area contributed by atoms with Crippen molar-refractivity contribution in [3.8, 4) is 0 Å². The molecular weight excluding hydrogens is 476 g/mol. The van der Waals surface area contributed by atoms with Crippen molar-refractivity contribution in [2.45, 2.75) is 78.6 Å². The van der Waals surface area contributed by atoms with Gasteiger partial charge < -0.3 is 5.32 Å². The predicted octanol–water partition coefficient (Wildman–Crippen LogP) is 8.16. The van der Waals surface area contributed by atoms with Crippen LogP contribution in [-0.2, 0) is 22.7 Å². The number of allylic oxidation sites excluding steroid dienone is 6. The average Bonchev–Trinajstić information content (AvgIpc) is 3.00. The van der Waals surface area contributed by atoms with E-state index in [1.54, 1.807) is 0 Å². The molecule has 1 aromatic heterocycles. The van der Waals surface area contributed by atoms with Gasteiger partial charge in [-0.2, -0.15) is 0 Å². The first-order valence-corrected chi connectivity index (χ1v) is 15.9. The Labute approximate surface area is 224 Å². The summed E-state index contributed by atoms with van der Waals surface area (Å²) in [5, 5.41) is 3.65. The molecule has 4 nitrogen and oxygen atoms in total. The highest BCUT2D eigenvalue weighted by Crippen LogP contribution is 2.30. The Morgan fingerprint density at radius 1 is 1.08 bits per heavy atom. The maximum Gasteiger partial charge on any atom is 0.147 e. The molecule has 37 heavy (non-hydrogen) atoms. The Morgan fingerprint density at radius 3 is 2.68 bits per heavy atom. The molecule has 1 aliphatic rings. The summed E-state index contributed by atoms with van der Waals surface area (Å²) in [7, 11) is -2.91. The zero-order valence-electron chi connectivity index (χ0n) is 23.1. The van der Waals surface area contributed by atoms with E-state index in [1.165, 1.54) is 28.5 Å². The lowest BCUT2D eigenvalue weighted by atomic mass is 9.88. The Hall–Kier alpha value is -2.66. The number of hydrogen-bond acceptors (Lipinski definition) is 4. The second-order valence-corrected chi connectivity index (χ2v) is 12.6. The number of aryl methyl sites for hydroxylation is 1. The Balaban J connectivity index is 1.84. The molecule has 1 aliphatic carbocycles. The summed E-state index contributed by atoms with van der Waals surface area (Å²) < 4.78 is 23.2. The Morgan fingerprint density at radius 2 is 1.92 bits per heavy atom. The van der Waals surface area contributed by atoms with E-state index in [0.29, 0.717) is 5.92 Å². The SMILES string of the molecule is CCCc1c(CC(CC)CCCS(C)(=O)=O)cccc1Nc1ccc(C)c(C2=CC=CC=CCCC2)n1. The van der Waals surface area contributed by atoms with E-state index in [2.05, 4.69) is 86.8 Å². The molecule has 0 amide bonds. The van der Waals surface area contributed by atoms with E-state index >= 15 is 0 Å². The Kier molecular flexibility index (Phi) is 11.2. The third-order valence-electron chi connectivity index (χ3n) is 7.12. The molecule has 0 spiro atoms. The minimum Gasteiger partial charge on any atom is -0.340 e. The second kappa shape index (κ2) is 14.3. The van der Waals surface area contributed by atoms with Gasteiger partial charge in [-0.3, -0.25) is 0 Å². The number of nitrogens with zero attached hydrogens (tertiary/aromatic N) is 1. The quantitative estimate of drug-likeness (QED) is 0.307. The van der Waals surface area contributed by atoms with Gasteiger partial charge in [0.15, 0.2) is 0 Å². The lowest BCUT2D eigenvalue weighted by Crippen LogP contribution is -2.10. The predicted molar refractivity (Wildman–Crippen MR) is 159 cm³/mol. The van der Waals surface area contributed by atoms with Crippen LogP contribution in [0.2, 0.25) is 0 Å². The lowest BCUT2D eigenvalue weighted by molar-refractivity contribution is 0.460. The number of aromatic nitrogens is 1. The van der Waals surface area contributed by atoms with E-state index in [-0.39, 0.29) is 5.75 Å². The number of sulfone groups is 1. The summed E-state index contributed by atoms with van der Waals surface area (Å²) in [6, 6.07) is 10.8. The van der Waals surface area contributed by atoms with Gasteiger partial charge in [-0.1, -0.05) is 75.3 Å². The average molecular weight is 521 g/mol. The molecule has 1 N–H and O–H groups in total. The van der Waals surface area contributed by atoms with Crippen LogP contribution in [0.1, 0.15) is 81.2 Å². The summed E-state index contributed by atoms with van der Waals surface area (Å²) in [6.07, 6.45) is 21.1. The molecule has 1 aromatic carbocycles. The van der Waals surface area contributed by atoms with Crippen molar-refractivity contribution < 1.29 is 8.42 Å². The normalized spacial score (nSPS) is 15.0. The molecule has 5 heteroatoms. The van der Waals surface area contributed by atoms with Crippen molar-refractivity contribution >= 4 is 26.9 Å². The van der Waals surface area contributed by atoms with Gasteiger partial charge in [0.2, 0.25) is 0 Å². The minimum absolute atomic E-state index is 0.275. The van der Waals surface area contributed by atoms with Crippen LogP contribution in [0.4, 0.5) is 11.5 Å². The van der Waals surface area contributed by atoms with Crippen LogP contribution in [0.5, 0.6) is 0 Å². The first-order valence-electron chi connectivity index (χ1n) is 13.9.